The van der Waals surface area contributed by atoms with E-state index in [1.807, 2.05) is 19.2 Å². The fraction of sp³-hybridized carbons (Fsp3) is 0.389. The smallest absolute Gasteiger partial charge is 0.139 e. The van der Waals surface area contributed by atoms with Gasteiger partial charge in [-0.25, -0.2) is 4.98 Å². The number of imidazole rings is 1. The lowest BCUT2D eigenvalue weighted by molar-refractivity contribution is -0.0211. The summed E-state index contributed by atoms with van der Waals surface area (Å²) in [4.78, 5) is 6.98. The fourth-order valence-electron chi connectivity index (χ4n) is 3.25. The third-order valence-corrected chi connectivity index (χ3v) is 4.50. The Bertz CT molecular complexity index is 821. The van der Waals surface area contributed by atoms with E-state index in [0.29, 0.717) is 6.61 Å². The second-order valence-corrected chi connectivity index (χ2v) is 6.14. The maximum absolute atomic E-state index is 5.83. The SMILES string of the molecule is Cc1ccc([C@@H]2COCCN2Cc2cnc3c(C)cccn23)o1. The summed E-state index contributed by atoms with van der Waals surface area (Å²) in [5, 5.41) is 0. The molecule has 5 heteroatoms. The minimum Gasteiger partial charge on any atom is -0.465 e. The van der Waals surface area contributed by atoms with E-state index in [1.165, 1.54) is 11.3 Å². The molecule has 120 valence electrons. The first-order valence-electron chi connectivity index (χ1n) is 8.02. The normalized spacial score (nSPS) is 19.5. The van der Waals surface area contributed by atoms with Crippen molar-refractivity contribution >= 4 is 5.65 Å². The monoisotopic (exact) mass is 311 g/mol. The number of furan rings is 1. The molecule has 1 atom stereocenters. The summed E-state index contributed by atoms with van der Waals surface area (Å²) >= 11 is 0. The van der Waals surface area contributed by atoms with E-state index in [2.05, 4.69) is 45.6 Å². The molecule has 5 nitrogen and oxygen atoms in total. The molecule has 4 heterocycles. The van der Waals surface area contributed by atoms with Crippen LogP contribution in [0.2, 0.25) is 0 Å². The van der Waals surface area contributed by atoms with Crippen molar-refractivity contribution in [2.75, 3.05) is 19.8 Å². The van der Waals surface area contributed by atoms with E-state index < -0.39 is 0 Å². The van der Waals surface area contributed by atoms with Crippen molar-refractivity contribution in [1.82, 2.24) is 14.3 Å². The molecule has 3 aromatic rings. The van der Waals surface area contributed by atoms with E-state index in [-0.39, 0.29) is 6.04 Å². The van der Waals surface area contributed by atoms with Gasteiger partial charge in [-0.3, -0.25) is 4.90 Å². The largest absolute Gasteiger partial charge is 0.465 e. The molecule has 0 saturated carbocycles. The lowest BCUT2D eigenvalue weighted by atomic mass is 10.1. The number of nitrogens with zero attached hydrogens (tertiary/aromatic N) is 3. The summed E-state index contributed by atoms with van der Waals surface area (Å²) in [7, 11) is 0. The highest BCUT2D eigenvalue weighted by Gasteiger charge is 2.27. The van der Waals surface area contributed by atoms with Crippen LogP contribution in [0.25, 0.3) is 5.65 Å². The van der Waals surface area contributed by atoms with Crippen LogP contribution in [0.15, 0.2) is 41.1 Å². The number of hydrogen-bond acceptors (Lipinski definition) is 4. The van der Waals surface area contributed by atoms with Crippen molar-refractivity contribution in [2.24, 2.45) is 0 Å². The highest BCUT2D eigenvalue weighted by Crippen LogP contribution is 2.27. The Balaban J connectivity index is 1.63. The molecule has 1 saturated heterocycles. The highest BCUT2D eigenvalue weighted by atomic mass is 16.5. The Kier molecular flexibility index (Phi) is 3.67. The summed E-state index contributed by atoms with van der Waals surface area (Å²) in [6.07, 6.45) is 4.05. The third kappa shape index (κ3) is 2.66. The van der Waals surface area contributed by atoms with Gasteiger partial charge < -0.3 is 13.6 Å². The summed E-state index contributed by atoms with van der Waals surface area (Å²) in [6.45, 7) is 7.22. The quantitative estimate of drug-likeness (QED) is 0.745. The van der Waals surface area contributed by atoms with Crippen molar-refractivity contribution in [2.45, 2.75) is 26.4 Å². The van der Waals surface area contributed by atoms with Crippen molar-refractivity contribution in [3.8, 4) is 0 Å². The molecule has 1 fully saturated rings. The maximum atomic E-state index is 5.83. The summed E-state index contributed by atoms with van der Waals surface area (Å²) in [6, 6.07) is 8.39. The van der Waals surface area contributed by atoms with Gasteiger partial charge in [-0.15, -0.1) is 0 Å². The number of aryl methyl sites for hydroxylation is 2. The predicted octanol–water partition coefficient (Wildman–Crippen LogP) is 3.12. The number of pyridine rings is 1. The summed E-state index contributed by atoms with van der Waals surface area (Å²) in [5.74, 6) is 1.92. The Hall–Kier alpha value is -2.11. The molecule has 0 aliphatic carbocycles. The first kappa shape index (κ1) is 14.5. The molecule has 1 aliphatic rings. The zero-order valence-electron chi connectivity index (χ0n) is 13.5. The van der Waals surface area contributed by atoms with Crippen molar-refractivity contribution < 1.29 is 9.15 Å². The molecule has 0 spiro atoms. The van der Waals surface area contributed by atoms with Gasteiger partial charge in [0.25, 0.3) is 0 Å². The summed E-state index contributed by atoms with van der Waals surface area (Å²) in [5.41, 5.74) is 3.42. The van der Waals surface area contributed by atoms with Crippen LogP contribution in [0.3, 0.4) is 0 Å². The molecular weight excluding hydrogens is 290 g/mol. The van der Waals surface area contributed by atoms with Gasteiger partial charge in [0.05, 0.1) is 31.1 Å². The Morgan fingerprint density at radius 2 is 2.17 bits per heavy atom. The van der Waals surface area contributed by atoms with Crippen LogP contribution in [0, 0.1) is 13.8 Å². The van der Waals surface area contributed by atoms with E-state index in [1.54, 1.807) is 0 Å². The molecule has 0 bridgehead atoms. The lowest BCUT2D eigenvalue weighted by Gasteiger charge is -2.34. The second kappa shape index (κ2) is 5.83. The lowest BCUT2D eigenvalue weighted by Crippen LogP contribution is -2.39. The van der Waals surface area contributed by atoms with Gasteiger partial charge in [0.2, 0.25) is 0 Å². The molecule has 0 amide bonds. The number of aromatic nitrogens is 2. The van der Waals surface area contributed by atoms with Crippen LogP contribution in [0.4, 0.5) is 0 Å². The topological polar surface area (TPSA) is 42.9 Å². The van der Waals surface area contributed by atoms with Gasteiger partial charge in [-0.05, 0) is 37.6 Å². The molecular formula is C18H21N3O2. The number of morpholine rings is 1. The van der Waals surface area contributed by atoms with E-state index in [9.17, 15) is 0 Å². The first-order chi connectivity index (χ1) is 11.2. The Morgan fingerprint density at radius 1 is 1.26 bits per heavy atom. The van der Waals surface area contributed by atoms with Crippen molar-refractivity contribution in [1.29, 1.82) is 0 Å². The van der Waals surface area contributed by atoms with E-state index in [4.69, 9.17) is 9.15 Å². The number of fused-ring (bicyclic) bond motifs is 1. The predicted molar refractivity (Wildman–Crippen MR) is 87.3 cm³/mol. The second-order valence-electron chi connectivity index (χ2n) is 6.14. The highest BCUT2D eigenvalue weighted by molar-refractivity contribution is 5.48. The standard InChI is InChI=1S/C18H21N3O2/c1-13-4-3-7-21-15(10-19-18(13)21)11-20-8-9-22-12-16(20)17-6-5-14(2)23-17/h3-7,10,16H,8-9,11-12H2,1-2H3/t16-/m0/s1. The minimum atomic E-state index is 0.160. The van der Waals surface area contributed by atoms with Crippen molar-refractivity contribution in [3.05, 3.63) is 59.4 Å². The van der Waals surface area contributed by atoms with Crippen LogP contribution < -0.4 is 0 Å². The zero-order valence-corrected chi connectivity index (χ0v) is 13.5. The molecule has 0 N–H and O–H groups in total. The van der Waals surface area contributed by atoms with Crippen LogP contribution in [-0.2, 0) is 11.3 Å². The maximum Gasteiger partial charge on any atom is 0.139 e. The van der Waals surface area contributed by atoms with Crippen LogP contribution in [0.5, 0.6) is 0 Å². The van der Waals surface area contributed by atoms with Gasteiger partial charge in [0.15, 0.2) is 0 Å². The van der Waals surface area contributed by atoms with Gasteiger partial charge in [-0.1, -0.05) is 6.07 Å². The number of rotatable bonds is 3. The minimum absolute atomic E-state index is 0.160. The van der Waals surface area contributed by atoms with E-state index in [0.717, 1.165) is 36.9 Å². The van der Waals surface area contributed by atoms with Crippen LogP contribution >= 0.6 is 0 Å². The zero-order chi connectivity index (χ0) is 15.8. The molecule has 0 radical (unpaired) electrons. The van der Waals surface area contributed by atoms with Gasteiger partial charge in [0, 0.05) is 19.3 Å². The summed E-state index contributed by atoms with van der Waals surface area (Å²) < 4.78 is 13.7. The first-order valence-corrected chi connectivity index (χ1v) is 8.02. The fourth-order valence-corrected chi connectivity index (χ4v) is 3.25. The molecule has 23 heavy (non-hydrogen) atoms. The van der Waals surface area contributed by atoms with E-state index >= 15 is 0 Å². The Labute approximate surface area is 135 Å². The molecule has 4 rings (SSSR count). The molecule has 0 aromatic carbocycles. The van der Waals surface area contributed by atoms with Gasteiger partial charge in [0.1, 0.15) is 17.2 Å². The third-order valence-electron chi connectivity index (χ3n) is 4.50. The van der Waals surface area contributed by atoms with Gasteiger partial charge in [-0.2, -0.15) is 0 Å². The molecule has 3 aromatic heterocycles. The van der Waals surface area contributed by atoms with Gasteiger partial charge >= 0.3 is 0 Å². The van der Waals surface area contributed by atoms with Crippen molar-refractivity contribution in [3.63, 3.8) is 0 Å². The Morgan fingerprint density at radius 3 is 3.00 bits per heavy atom. The number of ether oxygens (including phenoxy) is 1. The molecule has 0 unspecified atom stereocenters. The van der Waals surface area contributed by atoms with Crippen LogP contribution in [-0.4, -0.2) is 34.0 Å². The molecule has 1 aliphatic heterocycles. The number of hydrogen-bond donors (Lipinski definition) is 0. The average Bonchev–Trinajstić information content (AvgIpc) is 3.16. The van der Waals surface area contributed by atoms with Crippen LogP contribution in [0.1, 0.15) is 28.8 Å². The average molecular weight is 311 g/mol.